The lowest BCUT2D eigenvalue weighted by Gasteiger charge is -1.99. The largest absolute Gasteiger partial charge is 0.508 e. The second kappa shape index (κ2) is 3.88. The number of amides is 1. The maximum atomic E-state index is 10.1. The zero-order chi connectivity index (χ0) is 10.7. The number of nitrogens with one attached hydrogen (secondary N) is 2. The molecule has 0 fully saturated rings. The average molecular weight is 202 g/mol. The molecule has 1 aromatic heterocycles. The summed E-state index contributed by atoms with van der Waals surface area (Å²) in [6.07, 6.45) is 5.62. The normalized spacial score (nSPS) is 10.9. The molecule has 0 aliphatic carbocycles. The van der Waals surface area contributed by atoms with Crippen LogP contribution in [0.25, 0.3) is 17.0 Å². The van der Waals surface area contributed by atoms with Crippen LogP contribution in [0.5, 0.6) is 5.75 Å². The summed E-state index contributed by atoms with van der Waals surface area (Å²) in [7, 11) is 0. The fourth-order valence-corrected chi connectivity index (χ4v) is 1.49. The quantitative estimate of drug-likeness (QED) is 0.662. The van der Waals surface area contributed by atoms with E-state index < -0.39 is 0 Å². The van der Waals surface area contributed by atoms with Crippen molar-refractivity contribution in [3.8, 4) is 5.75 Å². The molecule has 3 N–H and O–H groups in total. The van der Waals surface area contributed by atoms with Gasteiger partial charge in [0.1, 0.15) is 5.75 Å². The van der Waals surface area contributed by atoms with E-state index in [0.717, 1.165) is 16.5 Å². The van der Waals surface area contributed by atoms with Gasteiger partial charge in [0.15, 0.2) is 0 Å². The van der Waals surface area contributed by atoms with Crippen LogP contribution in [0, 0.1) is 0 Å². The van der Waals surface area contributed by atoms with Crippen molar-refractivity contribution in [2.75, 3.05) is 0 Å². The van der Waals surface area contributed by atoms with Crippen LogP contribution in [0.4, 0.5) is 0 Å². The van der Waals surface area contributed by atoms with Crippen molar-refractivity contribution in [1.82, 2.24) is 10.3 Å². The molecule has 76 valence electrons. The van der Waals surface area contributed by atoms with Gasteiger partial charge in [-0.15, -0.1) is 0 Å². The van der Waals surface area contributed by atoms with Gasteiger partial charge in [-0.2, -0.15) is 0 Å². The molecule has 0 radical (unpaired) electrons. The number of aromatic hydroxyl groups is 1. The van der Waals surface area contributed by atoms with Crippen LogP contribution in [0.15, 0.2) is 30.6 Å². The highest BCUT2D eigenvalue weighted by molar-refractivity contribution is 5.89. The fourth-order valence-electron chi connectivity index (χ4n) is 1.49. The molecule has 0 aliphatic rings. The number of carbonyl (C=O) groups excluding carboxylic acids is 1. The van der Waals surface area contributed by atoms with E-state index in [-0.39, 0.29) is 5.75 Å². The molecule has 0 bridgehead atoms. The molecule has 1 heterocycles. The third kappa shape index (κ3) is 1.83. The number of carbonyl (C=O) groups is 1. The second-order valence-electron chi connectivity index (χ2n) is 3.09. The van der Waals surface area contributed by atoms with Gasteiger partial charge in [0, 0.05) is 23.3 Å². The van der Waals surface area contributed by atoms with Crippen molar-refractivity contribution in [2.24, 2.45) is 0 Å². The maximum absolute atomic E-state index is 10.1. The van der Waals surface area contributed by atoms with E-state index in [1.165, 1.54) is 6.20 Å². The van der Waals surface area contributed by atoms with Gasteiger partial charge in [-0.1, -0.05) is 0 Å². The first-order chi connectivity index (χ1) is 7.31. The highest BCUT2D eigenvalue weighted by Crippen LogP contribution is 2.24. The smallest absolute Gasteiger partial charge is 0.211 e. The molecule has 0 atom stereocenters. The number of rotatable bonds is 3. The van der Waals surface area contributed by atoms with E-state index in [2.05, 4.69) is 10.3 Å². The third-order valence-electron chi connectivity index (χ3n) is 2.10. The van der Waals surface area contributed by atoms with Crippen LogP contribution in [0.2, 0.25) is 0 Å². The lowest BCUT2D eigenvalue weighted by atomic mass is 10.1. The Morgan fingerprint density at radius 1 is 1.40 bits per heavy atom. The summed E-state index contributed by atoms with van der Waals surface area (Å²) in [4.78, 5) is 13.1. The molecular formula is C11H10N2O2. The van der Waals surface area contributed by atoms with Gasteiger partial charge in [0.2, 0.25) is 6.41 Å². The Kier molecular flexibility index (Phi) is 2.41. The lowest BCUT2D eigenvalue weighted by molar-refractivity contribution is -0.108. The molecule has 1 aromatic carbocycles. The zero-order valence-corrected chi connectivity index (χ0v) is 7.90. The predicted molar refractivity (Wildman–Crippen MR) is 58.2 cm³/mol. The predicted octanol–water partition coefficient (Wildman–Crippen LogP) is 1.59. The van der Waals surface area contributed by atoms with Crippen molar-refractivity contribution in [3.05, 3.63) is 36.2 Å². The number of hydrogen-bond acceptors (Lipinski definition) is 2. The monoisotopic (exact) mass is 202 g/mol. The minimum atomic E-state index is 0.202. The molecule has 0 saturated carbocycles. The van der Waals surface area contributed by atoms with Crippen molar-refractivity contribution >= 4 is 23.4 Å². The number of fused-ring (bicyclic) bond motifs is 1. The zero-order valence-electron chi connectivity index (χ0n) is 7.90. The topological polar surface area (TPSA) is 65.1 Å². The van der Waals surface area contributed by atoms with Gasteiger partial charge in [-0.3, -0.25) is 4.79 Å². The highest BCUT2D eigenvalue weighted by Gasteiger charge is 2.01. The number of H-pyrrole nitrogens is 1. The van der Waals surface area contributed by atoms with Crippen LogP contribution >= 0.6 is 0 Å². The van der Waals surface area contributed by atoms with Crippen LogP contribution in [0.3, 0.4) is 0 Å². The van der Waals surface area contributed by atoms with Gasteiger partial charge in [-0.05, 0) is 24.3 Å². The van der Waals surface area contributed by atoms with Crippen LogP contribution in [-0.4, -0.2) is 16.5 Å². The van der Waals surface area contributed by atoms with Gasteiger partial charge < -0.3 is 15.4 Å². The number of phenolic OH excluding ortho intramolecular Hbond substituents is 1. The molecule has 0 unspecified atom stereocenters. The van der Waals surface area contributed by atoms with E-state index in [0.29, 0.717) is 6.41 Å². The summed E-state index contributed by atoms with van der Waals surface area (Å²) in [6.45, 7) is 0. The number of aromatic nitrogens is 1. The summed E-state index contributed by atoms with van der Waals surface area (Å²) in [5.74, 6) is 0.202. The Bertz CT molecular complexity index is 514. The van der Waals surface area contributed by atoms with Gasteiger partial charge >= 0.3 is 0 Å². The summed E-state index contributed by atoms with van der Waals surface area (Å²) in [5, 5.41) is 12.8. The summed E-state index contributed by atoms with van der Waals surface area (Å²) in [5.41, 5.74) is 1.75. The van der Waals surface area contributed by atoms with Crippen LogP contribution in [-0.2, 0) is 4.79 Å². The molecule has 0 spiro atoms. The van der Waals surface area contributed by atoms with Crippen LogP contribution < -0.4 is 5.32 Å². The molecule has 0 aliphatic heterocycles. The summed E-state index contributed by atoms with van der Waals surface area (Å²) < 4.78 is 0. The third-order valence-corrected chi connectivity index (χ3v) is 2.10. The molecule has 4 heteroatoms. The summed E-state index contributed by atoms with van der Waals surface area (Å²) >= 11 is 0. The Labute approximate surface area is 86.2 Å². The van der Waals surface area contributed by atoms with Crippen LogP contribution in [0.1, 0.15) is 5.56 Å². The molecular weight excluding hydrogens is 192 g/mol. The molecule has 4 nitrogen and oxygen atoms in total. The molecule has 2 aromatic rings. The van der Waals surface area contributed by atoms with E-state index in [9.17, 15) is 9.90 Å². The highest BCUT2D eigenvalue weighted by atomic mass is 16.3. The van der Waals surface area contributed by atoms with E-state index in [1.807, 2.05) is 6.07 Å². The summed E-state index contributed by atoms with van der Waals surface area (Å²) in [6, 6.07) is 5.18. The minimum Gasteiger partial charge on any atom is -0.508 e. The lowest BCUT2D eigenvalue weighted by Crippen LogP contribution is -1.97. The SMILES string of the molecule is O=CNC=Cc1cc(O)cc2cc[nH]c12. The first kappa shape index (κ1) is 9.33. The Hall–Kier alpha value is -2.23. The molecule has 15 heavy (non-hydrogen) atoms. The standard InChI is InChI=1S/C11H10N2O2/c14-7-12-3-1-8-5-10(15)6-9-2-4-13-11(8)9/h1-7,13,15H,(H,12,14). The Balaban J connectivity index is 2.48. The maximum Gasteiger partial charge on any atom is 0.211 e. The molecule has 1 amide bonds. The number of hydrogen-bond donors (Lipinski definition) is 3. The number of aromatic amines is 1. The van der Waals surface area contributed by atoms with Crippen molar-refractivity contribution in [1.29, 1.82) is 0 Å². The van der Waals surface area contributed by atoms with E-state index >= 15 is 0 Å². The average Bonchev–Trinajstić information content (AvgIpc) is 2.65. The molecule has 0 saturated heterocycles. The number of phenols is 1. The first-order valence-electron chi connectivity index (χ1n) is 4.47. The van der Waals surface area contributed by atoms with E-state index in [1.54, 1.807) is 24.4 Å². The van der Waals surface area contributed by atoms with Crippen molar-refractivity contribution in [2.45, 2.75) is 0 Å². The van der Waals surface area contributed by atoms with Crippen molar-refractivity contribution in [3.63, 3.8) is 0 Å². The van der Waals surface area contributed by atoms with Crippen molar-refractivity contribution < 1.29 is 9.90 Å². The fraction of sp³-hybridized carbons (Fsp3) is 0. The van der Waals surface area contributed by atoms with E-state index in [4.69, 9.17) is 0 Å². The Morgan fingerprint density at radius 3 is 3.07 bits per heavy atom. The second-order valence-corrected chi connectivity index (χ2v) is 3.09. The Morgan fingerprint density at radius 2 is 2.27 bits per heavy atom. The van der Waals surface area contributed by atoms with Gasteiger partial charge in [0.05, 0.1) is 5.52 Å². The van der Waals surface area contributed by atoms with Gasteiger partial charge in [0.25, 0.3) is 0 Å². The minimum absolute atomic E-state index is 0.202. The first-order valence-corrected chi connectivity index (χ1v) is 4.47. The van der Waals surface area contributed by atoms with Gasteiger partial charge in [-0.25, -0.2) is 0 Å². The molecule has 2 rings (SSSR count). The number of benzene rings is 1.